The summed E-state index contributed by atoms with van der Waals surface area (Å²) >= 11 is 4.31. The zero-order valence-corrected chi connectivity index (χ0v) is 9.67. The molecule has 0 aliphatic rings. The molecule has 0 radical (unpaired) electrons. The molecule has 1 atom stereocenters. The van der Waals surface area contributed by atoms with E-state index in [-0.39, 0.29) is 5.54 Å². The number of rotatable bonds is 2. The number of hydrogen-bond acceptors (Lipinski definition) is 2. The van der Waals surface area contributed by atoms with Crippen molar-refractivity contribution >= 4 is 23.4 Å². The molecule has 0 heterocycles. The van der Waals surface area contributed by atoms with Gasteiger partial charge in [0, 0.05) is 11.3 Å². The van der Waals surface area contributed by atoms with Gasteiger partial charge in [-0.25, -0.2) is 0 Å². The minimum absolute atomic E-state index is 0.371. The van der Waals surface area contributed by atoms with Crippen LogP contribution in [0.4, 0.5) is 0 Å². The Labute approximate surface area is 95.7 Å². The molecule has 0 aromatic heterocycles. The predicted molar refractivity (Wildman–Crippen MR) is 69.3 cm³/mol. The Morgan fingerprint density at radius 2 is 1.80 bits per heavy atom. The average molecular weight is 217 g/mol. The van der Waals surface area contributed by atoms with Gasteiger partial charge in [0.05, 0.1) is 0 Å². The number of fused-ring (bicyclic) bond motifs is 1. The van der Waals surface area contributed by atoms with Gasteiger partial charge in [0.25, 0.3) is 0 Å². The molecule has 1 nitrogen and oxygen atoms in total. The van der Waals surface area contributed by atoms with Crippen LogP contribution in [0.5, 0.6) is 0 Å². The van der Waals surface area contributed by atoms with Crippen molar-refractivity contribution in [1.82, 2.24) is 0 Å². The van der Waals surface area contributed by atoms with Gasteiger partial charge in [-0.05, 0) is 23.3 Å². The number of benzene rings is 2. The average Bonchev–Trinajstić information content (AvgIpc) is 2.28. The van der Waals surface area contributed by atoms with Crippen LogP contribution in [0.2, 0.25) is 0 Å². The molecule has 0 bridgehead atoms. The molecule has 2 aromatic rings. The van der Waals surface area contributed by atoms with E-state index in [9.17, 15) is 0 Å². The normalized spacial score (nSPS) is 15.1. The maximum absolute atomic E-state index is 6.23. The summed E-state index contributed by atoms with van der Waals surface area (Å²) in [5.74, 6) is 0.640. The molecule has 15 heavy (non-hydrogen) atoms. The highest BCUT2D eigenvalue weighted by Crippen LogP contribution is 2.27. The summed E-state index contributed by atoms with van der Waals surface area (Å²) in [6, 6.07) is 14.5. The van der Waals surface area contributed by atoms with Gasteiger partial charge in [-0.2, -0.15) is 12.6 Å². The molecule has 2 heteroatoms. The molecule has 0 amide bonds. The van der Waals surface area contributed by atoms with Crippen LogP contribution >= 0.6 is 12.6 Å². The van der Waals surface area contributed by atoms with Crippen molar-refractivity contribution < 1.29 is 0 Å². The second kappa shape index (κ2) is 3.87. The summed E-state index contributed by atoms with van der Waals surface area (Å²) < 4.78 is 0. The molecule has 0 saturated heterocycles. The van der Waals surface area contributed by atoms with Gasteiger partial charge < -0.3 is 5.73 Å². The van der Waals surface area contributed by atoms with Gasteiger partial charge in [-0.15, -0.1) is 0 Å². The molecular formula is C13H15NS. The van der Waals surface area contributed by atoms with Gasteiger partial charge in [0.1, 0.15) is 0 Å². The maximum Gasteiger partial charge on any atom is 0.0476 e. The van der Waals surface area contributed by atoms with Gasteiger partial charge in [0.15, 0.2) is 0 Å². The summed E-state index contributed by atoms with van der Waals surface area (Å²) in [4.78, 5) is 0. The molecule has 2 aromatic carbocycles. The van der Waals surface area contributed by atoms with E-state index >= 15 is 0 Å². The van der Waals surface area contributed by atoms with E-state index in [1.165, 1.54) is 10.8 Å². The third-order valence-corrected chi connectivity index (χ3v) is 3.39. The smallest absolute Gasteiger partial charge is 0.0476 e. The van der Waals surface area contributed by atoms with Crippen LogP contribution < -0.4 is 5.73 Å². The molecule has 0 spiro atoms. The molecule has 0 fully saturated rings. The van der Waals surface area contributed by atoms with Crippen molar-refractivity contribution in [3.05, 3.63) is 48.0 Å². The molecular weight excluding hydrogens is 202 g/mol. The van der Waals surface area contributed by atoms with E-state index in [2.05, 4.69) is 36.9 Å². The molecule has 0 aliphatic heterocycles. The molecule has 0 unspecified atom stereocenters. The van der Waals surface area contributed by atoms with Crippen LogP contribution in [0.1, 0.15) is 12.5 Å². The highest BCUT2D eigenvalue weighted by molar-refractivity contribution is 7.80. The van der Waals surface area contributed by atoms with Crippen LogP contribution in [-0.4, -0.2) is 5.75 Å². The van der Waals surface area contributed by atoms with Gasteiger partial charge in [-0.1, -0.05) is 42.5 Å². The lowest BCUT2D eigenvalue weighted by Gasteiger charge is -2.24. The van der Waals surface area contributed by atoms with Crippen molar-refractivity contribution in [2.45, 2.75) is 12.5 Å². The van der Waals surface area contributed by atoms with E-state index in [0.29, 0.717) is 5.75 Å². The first-order valence-electron chi connectivity index (χ1n) is 5.03. The van der Waals surface area contributed by atoms with Crippen molar-refractivity contribution in [2.75, 3.05) is 5.75 Å². The molecule has 0 aliphatic carbocycles. The SMILES string of the molecule is C[C@](N)(CS)c1cccc2ccccc12. The lowest BCUT2D eigenvalue weighted by atomic mass is 9.90. The highest BCUT2D eigenvalue weighted by atomic mass is 32.1. The minimum atomic E-state index is -0.371. The van der Waals surface area contributed by atoms with Crippen molar-refractivity contribution in [3.8, 4) is 0 Å². The number of hydrogen-bond donors (Lipinski definition) is 2. The van der Waals surface area contributed by atoms with E-state index < -0.39 is 0 Å². The number of nitrogens with two attached hydrogens (primary N) is 1. The molecule has 78 valence electrons. The van der Waals surface area contributed by atoms with Gasteiger partial charge in [-0.3, -0.25) is 0 Å². The Hall–Kier alpha value is -0.990. The fraction of sp³-hybridized carbons (Fsp3) is 0.231. The van der Waals surface area contributed by atoms with Crippen LogP contribution in [0.25, 0.3) is 10.8 Å². The molecule has 2 rings (SSSR count). The first-order chi connectivity index (χ1) is 7.15. The summed E-state index contributed by atoms with van der Waals surface area (Å²) in [5, 5.41) is 2.45. The Morgan fingerprint density at radius 3 is 2.53 bits per heavy atom. The van der Waals surface area contributed by atoms with Crippen LogP contribution in [-0.2, 0) is 5.54 Å². The summed E-state index contributed by atoms with van der Waals surface area (Å²) in [6.07, 6.45) is 0. The van der Waals surface area contributed by atoms with Crippen molar-refractivity contribution in [3.63, 3.8) is 0 Å². The zero-order valence-electron chi connectivity index (χ0n) is 8.77. The van der Waals surface area contributed by atoms with Crippen LogP contribution in [0.3, 0.4) is 0 Å². The second-order valence-corrected chi connectivity index (χ2v) is 4.42. The van der Waals surface area contributed by atoms with Crippen LogP contribution in [0, 0.1) is 0 Å². The molecule has 0 saturated carbocycles. The Balaban J connectivity index is 2.71. The van der Waals surface area contributed by atoms with Crippen LogP contribution in [0.15, 0.2) is 42.5 Å². The predicted octanol–water partition coefficient (Wildman–Crippen LogP) is 2.94. The quantitative estimate of drug-likeness (QED) is 0.743. The lowest BCUT2D eigenvalue weighted by Crippen LogP contribution is -2.35. The summed E-state index contributed by atoms with van der Waals surface area (Å²) in [5.41, 5.74) is 7.02. The summed E-state index contributed by atoms with van der Waals surface area (Å²) in [7, 11) is 0. The molecule has 2 N–H and O–H groups in total. The first kappa shape index (κ1) is 10.5. The van der Waals surface area contributed by atoms with E-state index in [1.807, 2.05) is 25.1 Å². The Kier molecular flexibility index (Phi) is 2.72. The van der Waals surface area contributed by atoms with E-state index in [4.69, 9.17) is 5.73 Å². The fourth-order valence-electron chi connectivity index (χ4n) is 1.81. The second-order valence-electron chi connectivity index (χ2n) is 4.10. The standard InChI is InChI=1S/C13H15NS/c1-13(14,9-15)12-8-4-6-10-5-2-3-7-11(10)12/h2-8,15H,9,14H2,1H3/t13-/m0/s1. The van der Waals surface area contributed by atoms with Crippen molar-refractivity contribution in [2.24, 2.45) is 5.73 Å². The Morgan fingerprint density at radius 1 is 1.13 bits per heavy atom. The minimum Gasteiger partial charge on any atom is -0.321 e. The third-order valence-electron chi connectivity index (χ3n) is 2.73. The number of thiol groups is 1. The highest BCUT2D eigenvalue weighted by Gasteiger charge is 2.20. The lowest BCUT2D eigenvalue weighted by molar-refractivity contribution is 0.573. The van der Waals surface area contributed by atoms with Gasteiger partial charge in [0.2, 0.25) is 0 Å². The van der Waals surface area contributed by atoms with E-state index in [1.54, 1.807) is 0 Å². The topological polar surface area (TPSA) is 26.0 Å². The maximum atomic E-state index is 6.23. The zero-order chi connectivity index (χ0) is 10.9. The largest absolute Gasteiger partial charge is 0.321 e. The fourth-order valence-corrected chi connectivity index (χ4v) is 1.98. The Bertz CT molecular complexity index is 471. The third kappa shape index (κ3) is 1.87. The summed E-state index contributed by atoms with van der Waals surface area (Å²) in [6.45, 7) is 2.02. The van der Waals surface area contributed by atoms with E-state index in [0.717, 1.165) is 5.56 Å². The van der Waals surface area contributed by atoms with Crippen molar-refractivity contribution in [1.29, 1.82) is 0 Å². The van der Waals surface area contributed by atoms with Gasteiger partial charge >= 0.3 is 0 Å². The monoisotopic (exact) mass is 217 g/mol. The first-order valence-corrected chi connectivity index (χ1v) is 5.66.